The monoisotopic (exact) mass is 319 g/mol. The van der Waals surface area contributed by atoms with Crippen molar-refractivity contribution in [3.63, 3.8) is 0 Å². The molecule has 0 saturated heterocycles. The van der Waals surface area contributed by atoms with E-state index >= 15 is 0 Å². The lowest BCUT2D eigenvalue weighted by Crippen LogP contribution is -2.26. The first-order chi connectivity index (χ1) is 10.6. The normalized spacial score (nSPS) is 10.4. The van der Waals surface area contributed by atoms with E-state index < -0.39 is 5.97 Å². The molecule has 6 nitrogen and oxygen atoms in total. The van der Waals surface area contributed by atoms with Gasteiger partial charge in [-0.25, -0.2) is 4.98 Å². The number of unbranched alkanes of at least 4 members (excludes halogenated alkanes) is 1. The molecule has 0 aliphatic rings. The zero-order valence-electron chi connectivity index (χ0n) is 12.0. The summed E-state index contributed by atoms with van der Waals surface area (Å²) >= 11 is 1.48. The summed E-state index contributed by atoms with van der Waals surface area (Å²) in [4.78, 5) is 30.6. The highest BCUT2D eigenvalue weighted by molar-refractivity contribution is 7.13. The number of aromatic nitrogens is 2. The molecule has 116 valence electrons. The van der Waals surface area contributed by atoms with Crippen LogP contribution in [-0.4, -0.2) is 33.5 Å². The third-order valence-corrected chi connectivity index (χ3v) is 3.88. The second kappa shape index (κ2) is 8.23. The van der Waals surface area contributed by atoms with Gasteiger partial charge in [-0.2, -0.15) is 0 Å². The van der Waals surface area contributed by atoms with Crippen LogP contribution in [0.25, 0.3) is 10.6 Å². The lowest BCUT2D eigenvalue weighted by Gasteiger charge is -2.03. The molecule has 2 aromatic rings. The topological polar surface area (TPSA) is 92.2 Å². The van der Waals surface area contributed by atoms with Gasteiger partial charge in [-0.15, -0.1) is 11.3 Å². The molecule has 7 heteroatoms. The fourth-order valence-corrected chi connectivity index (χ4v) is 2.68. The van der Waals surface area contributed by atoms with Gasteiger partial charge in [-0.05, 0) is 25.0 Å². The number of nitrogens with zero attached hydrogens (tertiary/aromatic N) is 2. The third-order valence-electron chi connectivity index (χ3n) is 2.94. The molecule has 0 aliphatic carbocycles. The van der Waals surface area contributed by atoms with Crippen molar-refractivity contribution in [1.29, 1.82) is 0 Å². The predicted molar refractivity (Wildman–Crippen MR) is 83.5 cm³/mol. The molecule has 0 aliphatic heterocycles. The largest absolute Gasteiger partial charge is 0.481 e. The van der Waals surface area contributed by atoms with Crippen LogP contribution in [-0.2, 0) is 16.0 Å². The summed E-state index contributed by atoms with van der Waals surface area (Å²) < 4.78 is 0. The van der Waals surface area contributed by atoms with Crippen molar-refractivity contribution in [2.45, 2.75) is 25.7 Å². The van der Waals surface area contributed by atoms with Crippen LogP contribution in [0.1, 0.15) is 25.0 Å². The number of carbonyl (C=O) groups is 2. The summed E-state index contributed by atoms with van der Waals surface area (Å²) in [6.07, 6.45) is 5.04. The Morgan fingerprint density at radius 3 is 2.91 bits per heavy atom. The van der Waals surface area contributed by atoms with Gasteiger partial charge in [0.1, 0.15) is 5.01 Å². The first-order valence-electron chi connectivity index (χ1n) is 6.98. The van der Waals surface area contributed by atoms with Crippen LogP contribution in [0, 0.1) is 0 Å². The number of hydrogen-bond acceptors (Lipinski definition) is 5. The number of carbonyl (C=O) groups excluding carboxylic acids is 1. The zero-order chi connectivity index (χ0) is 15.8. The van der Waals surface area contributed by atoms with E-state index in [-0.39, 0.29) is 18.7 Å². The number of rotatable bonds is 8. The first-order valence-corrected chi connectivity index (χ1v) is 7.86. The summed E-state index contributed by atoms with van der Waals surface area (Å²) in [6.45, 7) is 0.492. The molecule has 2 rings (SSSR count). The number of aliphatic carboxylic acids is 1. The van der Waals surface area contributed by atoms with Gasteiger partial charge in [0.15, 0.2) is 0 Å². The van der Waals surface area contributed by atoms with Crippen LogP contribution in [0.2, 0.25) is 0 Å². The molecule has 0 aromatic carbocycles. The van der Waals surface area contributed by atoms with Crippen molar-refractivity contribution < 1.29 is 14.7 Å². The molecule has 2 aromatic heterocycles. The fraction of sp³-hybridized carbons (Fsp3) is 0.333. The second-order valence-corrected chi connectivity index (χ2v) is 5.62. The molecular formula is C15H17N3O3S. The maximum absolute atomic E-state index is 11.8. The van der Waals surface area contributed by atoms with E-state index in [2.05, 4.69) is 15.3 Å². The van der Waals surface area contributed by atoms with Crippen molar-refractivity contribution in [3.8, 4) is 10.6 Å². The Hall–Kier alpha value is -2.28. The van der Waals surface area contributed by atoms with Gasteiger partial charge in [0.05, 0.1) is 12.1 Å². The molecule has 0 atom stereocenters. The molecule has 0 unspecified atom stereocenters. The Morgan fingerprint density at radius 2 is 2.18 bits per heavy atom. The minimum atomic E-state index is -0.809. The number of thiazole rings is 1. The fourth-order valence-electron chi connectivity index (χ4n) is 1.87. The van der Waals surface area contributed by atoms with Gasteiger partial charge in [-0.3, -0.25) is 14.6 Å². The Labute approximate surface area is 132 Å². The smallest absolute Gasteiger partial charge is 0.303 e. The standard InChI is InChI=1S/C15H17N3O3S/c19-13(17-7-2-1-5-14(20)21)8-12-10-22-15(18-12)11-4-3-6-16-9-11/h3-4,6,9-10H,1-2,5,7-8H2,(H,17,19)(H,20,21). The molecule has 0 radical (unpaired) electrons. The molecule has 2 heterocycles. The van der Waals surface area contributed by atoms with E-state index in [1.54, 1.807) is 12.4 Å². The van der Waals surface area contributed by atoms with E-state index in [1.807, 2.05) is 17.5 Å². The van der Waals surface area contributed by atoms with E-state index in [0.717, 1.165) is 16.3 Å². The molecule has 22 heavy (non-hydrogen) atoms. The van der Waals surface area contributed by atoms with Crippen molar-refractivity contribution in [3.05, 3.63) is 35.6 Å². The van der Waals surface area contributed by atoms with Crippen molar-refractivity contribution in [2.75, 3.05) is 6.54 Å². The number of amides is 1. The third kappa shape index (κ3) is 5.25. The van der Waals surface area contributed by atoms with E-state index in [9.17, 15) is 9.59 Å². The Morgan fingerprint density at radius 1 is 1.32 bits per heavy atom. The minimum Gasteiger partial charge on any atom is -0.481 e. The van der Waals surface area contributed by atoms with Crippen LogP contribution in [0.5, 0.6) is 0 Å². The molecule has 2 N–H and O–H groups in total. The quantitative estimate of drug-likeness (QED) is 0.727. The highest BCUT2D eigenvalue weighted by Gasteiger charge is 2.09. The Balaban J connectivity index is 1.76. The van der Waals surface area contributed by atoms with Gasteiger partial charge >= 0.3 is 5.97 Å². The van der Waals surface area contributed by atoms with Gasteiger partial charge in [0, 0.05) is 36.3 Å². The molecule has 0 saturated carbocycles. The summed E-state index contributed by atoms with van der Waals surface area (Å²) in [5.74, 6) is -0.907. The summed E-state index contributed by atoms with van der Waals surface area (Å²) in [5, 5.41) is 14.0. The zero-order valence-corrected chi connectivity index (χ0v) is 12.8. The van der Waals surface area contributed by atoms with Gasteiger partial charge < -0.3 is 10.4 Å². The number of carboxylic acid groups (broad SMARTS) is 1. The van der Waals surface area contributed by atoms with Gasteiger partial charge in [-0.1, -0.05) is 0 Å². The van der Waals surface area contributed by atoms with E-state index in [0.29, 0.717) is 19.4 Å². The number of hydrogen-bond donors (Lipinski definition) is 2. The Bertz CT molecular complexity index is 628. The number of pyridine rings is 1. The van der Waals surface area contributed by atoms with Crippen LogP contribution in [0.15, 0.2) is 29.9 Å². The van der Waals surface area contributed by atoms with Crippen LogP contribution < -0.4 is 5.32 Å². The average Bonchev–Trinajstić information content (AvgIpc) is 2.96. The van der Waals surface area contributed by atoms with Crippen molar-refractivity contribution >= 4 is 23.2 Å². The van der Waals surface area contributed by atoms with Gasteiger partial charge in [0.2, 0.25) is 5.91 Å². The average molecular weight is 319 g/mol. The highest BCUT2D eigenvalue weighted by atomic mass is 32.1. The van der Waals surface area contributed by atoms with Gasteiger partial charge in [0.25, 0.3) is 0 Å². The molecule has 1 amide bonds. The Kier molecular flexibility index (Phi) is 6.02. The minimum absolute atomic E-state index is 0.0987. The first kappa shape index (κ1) is 16.1. The molecule has 0 fully saturated rings. The van der Waals surface area contributed by atoms with Crippen LogP contribution >= 0.6 is 11.3 Å². The van der Waals surface area contributed by atoms with Crippen LogP contribution in [0.3, 0.4) is 0 Å². The summed E-state index contributed by atoms with van der Waals surface area (Å²) in [6, 6.07) is 3.78. The van der Waals surface area contributed by atoms with Crippen molar-refractivity contribution in [1.82, 2.24) is 15.3 Å². The van der Waals surface area contributed by atoms with Crippen molar-refractivity contribution in [2.24, 2.45) is 0 Å². The van der Waals surface area contributed by atoms with Crippen LogP contribution in [0.4, 0.5) is 0 Å². The highest BCUT2D eigenvalue weighted by Crippen LogP contribution is 2.22. The van der Waals surface area contributed by atoms with E-state index in [4.69, 9.17) is 5.11 Å². The predicted octanol–water partition coefficient (Wildman–Crippen LogP) is 2.12. The number of nitrogens with one attached hydrogen (secondary N) is 1. The second-order valence-electron chi connectivity index (χ2n) is 4.76. The molecule has 0 spiro atoms. The summed E-state index contributed by atoms with van der Waals surface area (Å²) in [7, 11) is 0. The summed E-state index contributed by atoms with van der Waals surface area (Å²) in [5.41, 5.74) is 1.67. The maximum atomic E-state index is 11.8. The van der Waals surface area contributed by atoms with E-state index in [1.165, 1.54) is 11.3 Å². The molecular weight excluding hydrogens is 302 g/mol. The SMILES string of the molecule is O=C(O)CCCCNC(=O)Cc1csc(-c2cccnc2)n1. The lowest BCUT2D eigenvalue weighted by molar-refractivity contribution is -0.137. The molecule has 0 bridgehead atoms. The number of carboxylic acids is 1. The maximum Gasteiger partial charge on any atom is 0.303 e. The lowest BCUT2D eigenvalue weighted by atomic mass is 10.2.